The maximum Gasteiger partial charge on any atom is 0.261 e. The van der Waals surface area contributed by atoms with E-state index in [-0.39, 0.29) is 5.56 Å². The Labute approximate surface area is 132 Å². The number of amides is 1. The molecule has 2 aromatic carbocycles. The summed E-state index contributed by atoms with van der Waals surface area (Å²) in [6.07, 6.45) is 2.10. The van der Waals surface area contributed by atoms with Gasteiger partial charge in [-0.05, 0) is 24.3 Å². The fourth-order valence-corrected chi connectivity index (χ4v) is 2.58. The van der Waals surface area contributed by atoms with Crippen LogP contribution in [0, 0.1) is 5.82 Å². The van der Waals surface area contributed by atoms with Crippen LogP contribution in [0.5, 0.6) is 0 Å². The Morgan fingerprint density at radius 1 is 1.17 bits per heavy atom. The fraction of sp³-hybridized carbons (Fsp3) is 0.111. The van der Waals surface area contributed by atoms with Gasteiger partial charge < -0.3 is 10.4 Å². The molecule has 1 unspecified atom stereocenters. The molecule has 0 aromatic heterocycles. The van der Waals surface area contributed by atoms with E-state index in [0.717, 1.165) is 0 Å². The number of carbonyl (C=O) groups excluding carboxylic acids is 2. The second-order valence-electron chi connectivity index (χ2n) is 5.36. The maximum atomic E-state index is 13.5. The second-order valence-corrected chi connectivity index (χ2v) is 5.36. The number of fused-ring (bicyclic) bond motifs is 1. The molecule has 0 saturated heterocycles. The molecule has 0 bridgehead atoms. The maximum absolute atomic E-state index is 13.5. The Morgan fingerprint density at radius 3 is 2.65 bits per heavy atom. The highest BCUT2D eigenvalue weighted by Gasteiger charge is 2.46. The standard InChI is InChI=1S/C18H14FNO3/c19-15-7-3-1-5-12(15)9-10-13(21)11-18(23)14-6-2-4-8-16(14)20-17(18)22/h1-10,23H,11H2,(H,20,22)/b10-9+. The predicted octanol–water partition coefficient (Wildman–Crippen LogP) is 2.64. The first kappa shape index (κ1) is 15.1. The van der Waals surface area contributed by atoms with Gasteiger partial charge >= 0.3 is 0 Å². The largest absolute Gasteiger partial charge is 0.375 e. The number of hydrogen-bond donors (Lipinski definition) is 2. The highest BCUT2D eigenvalue weighted by Crippen LogP contribution is 2.38. The van der Waals surface area contributed by atoms with Gasteiger partial charge in [0.25, 0.3) is 5.91 Å². The van der Waals surface area contributed by atoms with Crippen molar-refractivity contribution in [3.63, 3.8) is 0 Å². The van der Waals surface area contributed by atoms with Crippen molar-refractivity contribution < 1.29 is 19.1 Å². The van der Waals surface area contributed by atoms with E-state index in [1.165, 1.54) is 24.3 Å². The Bertz CT molecular complexity index is 815. The van der Waals surface area contributed by atoms with Crippen molar-refractivity contribution in [1.29, 1.82) is 0 Å². The number of ketones is 1. The first-order chi connectivity index (χ1) is 11.0. The summed E-state index contributed by atoms with van der Waals surface area (Å²) >= 11 is 0. The van der Waals surface area contributed by atoms with Gasteiger partial charge in [0.2, 0.25) is 0 Å². The normalized spacial score (nSPS) is 19.7. The van der Waals surface area contributed by atoms with Crippen molar-refractivity contribution in [2.45, 2.75) is 12.0 Å². The van der Waals surface area contributed by atoms with E-state index in [2.05, 4.69) is 5.32 Å². The topological polar surface area (TPSA) is 66.4 Å². The molecular weight excluding hydrogens is 297 g/mol. The van der Waals surface area contributed by atoms with Crippen LogP contribution < -0.4 is 5.32 Å². The van der Waals surface area contributed by atoms with Gasteiger partial charge in [-0.1, -0.05) is 36.4 Å². The number of anilines is 1. The third kappa shape index (κ3) is 2.78. The van der Waals surface area contributed by atoms with Crippen molar-refractivity contribution >= 4 is 23.5 Å². The minimum absolute atomic E-state index is 0.268. The fourth-order valence-electron chi connectivity index (χ4n) is 2.58. The van der Waals surface area contributed by atoms with Crippen LogP contribution in [-0.4, -0.2) is 16.8 Å². The minimum Gasteiger partial charge on any atom is -0.375 e. The molecule has 0 saturated carbocycles. The van der Waals surface area contributed by atoms with Gasteiger partial charge in [-0.3, -0.25) is 9.59 Å². The SMILES string of the molecule is O=C(/C=C/c1ccccc1F)CC1(O)C(=O)Nc2ccccc21. The van der Waals surface area contributed by atoms with Crippen LogP contribution in [0.25, 0.3) is 6.08 Å². The Kier molecular flexibility index (Phi) is 3.80. The summed E-state index contributed by atoms with van der Waals surface area (Å²) in [5, 5.41) is 13.1. The molecule has 0 fully saturated rings. The molecule has 0 spiro atoms. The molecule has 2 aromatic rings. The quantitative estimate of drug-likeness (QED) is 0.853. The molecule has 5 heteroatoms. The number of nitrogens with one attached hydrogen (secondary N) is 1. The van der Waals surface area contributed by atoms with E-state index in [1.807, 2.05) is 0 Å². The highest BCUT2D eigenvalue weighted by atomic mass is 19.1. The van der Waals surface area contributed by atoms with E-state index < -0.39 is 29.5 Å². The minimum atomic E-state index is -1.90. The molecule has 1 atom stereocenters. The predicted molar refractivity (Wildman–Crippen MR) is 84.0 cm³/mol. The first-order valence-corrected chi connectivity index (χ1v) is 7.09. The van der Waals surface area contributed by atoms with Gasteiger partial charge in [0, 0.05) is 16.8 Å². The van der Waals surface area contributed by atoms with E-state index >= 15 is 0 Å². The number of rotatable bonds is 4. The monoisotopic (exact) mass is 311 g/mol. The second kappa shape index (κ2) is 5.78. The number of halogens is 1. The number of carbonyl (C=O) groups is 2. The van der Waals surface area contributed by atoms with E-state index in [0.29, 0.717) is 11.3 Å². The summed E-state index contributed by atoms with van der Waals surface area (Å²) in [4.78, 5) is 24.1. The summed E-state index contributed by atoms with van der Waals surface area (Å²) < 4.78 is 13.5. The van der Waals surface area contributed by atoms with Crippen LogP contribution in [0.2, 0.25) is 0 Å². The molecule has 4 nitrogen and oxygen atoms in total. The highest BCUT2D eigenvalue weighted by molar-refractivity contribution is 6.08. The number of aliphatic hydroxyl groups is 1. The lowest BCUT2D eigenvalue weighted by molar-refractivity contribution is -0.138. The molecule has 0 radical (unpaired) electrons. The number of allylic oxidation sites excluding steroid dienone is 1. The van der Waals surface area contributed by atoms with Gasteiger partial charge in [0.1, 0.15) is 5.82 Å². The molecule has 3 rings (SSSR count). The molecule has 1 amide bonds. The van der Waals surface area contributed by atoms with Gasteiger partial charge in [0.15, 0.2) is 11.4 Å². The van der Waals surface area contributed by atoms with Crippen molar-refractivity contribution in [3.05, 3.63) is 71.6 Å². The summed E-state index contributed by atoms with van der Waals surface area (Å²) in [5.74, 6) is -1.55. The zero-order valence-electron chi connectivity index (χ0n) is 12.1. The zero-order chi connectivity index (χ0) is 16.4. The number of para-hydroxylation sites is 1. The van der Waals surface area contributed by atoms with Crippen LogP contribution >= 0.6 is 0 Å². The molecular formula is C18H14FNO3. The smallest absolute Gasteiger partial charge is 0.261 e. The van der Waals surface area contributed by atoms with Gasteiger partial charge in [0.05, 0.1) is 6.42 Å². The van der Waals surface area contributed by atoms with Crippen LogP contribution in [0.1, 0.15) is 17.5 Å². The van der Waals surface area contributed by atoms with Crippen LogP contribution in [0.4, 0.5) is 10.1 Å². The Balaban J connectivity index is 1.80. The lowest BCUT2D eigenvalue weighted by Gasteiger charge is -2.18. The van der Waals surface area contributed by atoms with Gasteiger partial charge in [-0.25, -0.2) is 4.39 Å². The molecule has 1 aliphatic rings. The average Bonchev–Trinajstić information content (AvgIpc) is 2.78. The van der Waals surface area contributed by atoms with Crippen molar-refractivity contribution in [2.75, 3.05) is 5.32 Å². The van der Waals surface area contributed by atoms with Crippen LogP contribution in [0.3, 0.4) is 0 Å². The lowest BCUT2D eigenvalue weighted by Crippen LogP contribution is -2.36. The Hall–Kier alpha value is -2.79. The average molecular weight is 311 g/mol. The van der Waals surface area contributed by atoms with Crippen molar-refractivity contribution in [2.24, 2.45) is 0 Å². The molecule has 1 aliphatic heterocycles. The van der Waals surface area contributed by atoms with E-state index in [9.17, 15) is 19.1 Å². The molecule has 2 N–H and O–H groups in total. The lowest BCUT2D eigenvalue weighted by atomic mass is 9.90. The van der Waals surface area contributed by atoms with Crippen LogP contribution in [-0.2, 0) is 15.2 Å². The third-order valence-corrected chi connectivity index (χ3v) is 3.78. The number of benzene rings is 2. The first-order valence-electron chi connectivity index (χ1n) is 7.09. The summed E-state index contributed by atoms with van der Waals surface area (Å²) in [5.41, 5.74) is -0.764. The zero-order valence-corrected chi connectivity index (χ0v) is 12.1. The molecule has 116 valence electrons. The summed E-state index contributed by atoms with van der Waals surface area (Å²) in [6.45, 7) is 0. The Morgan fingerprint density at radius 2 is 1.87 bits per heavy atom. The van der Waals surface area contributed by atoms with E-state index in [1.54, 1.807) is 36.4 Å². The summed E-state index contributed by atoms with van der Waals surface area (Å²) in [7, 11) is 0. The number of hydrogen-bond acceptors (Lipinski definition) is 3. The molecule has 1 heterocycles. The third-order valence-electron chi connectivity index (χ3n) is 3.78. The van der Waals surface area contributed by atoms with Gasteiger partial charge in [-0.15, -0.1) is 0 Å². The molecule has 0 aliphatic carbocycles. The summed E-state index contributed by atoms with van der Waals surface area (Å²) in [6, 6.07) is 12.7. The van der Waals surface area contributed by atoms with Crippen molar-refractivity contribution in [1.82, 2.24) is 0 Å². The van der Waals surface area contributed by atoms with Crippen molar-refractivity contribution in [3.8, 4) is 0 Å². The molecule has 23 heavy (non-hydrogen) atoms. The van der Waals surface area contributed by atoms with E-state index in [4.69, 9.17) is 0 Å². The van der Waals surface area contributed by atoms with Crippen LogP contribution in [0.15, 0.2) is 54.6 Å². The van der Waals surface area contributed by atoms with Gasteiger partial charge in [-0.2, -0.15) is 0 Å².